The van der Waals surface area contributed by atoms with Crippen molar-refractivity contribution >= 4 is 27.7 Å². The summed E-state index contributed by atoms with van der Waals surface area (Å²) in [6.45, 7) is 1.64. The van der Waals surface area contributed by atoms with Crippen molar-refractivity contribution in [3.63, 3.8) is 0 Å². The summed E-state index contributed by atoms with van der Waals surface area (Å²) < 4.78 is 27.2. The van der Waals surface area contributed by atoms with Gasteiger partial charge in [-0.15, -0.1) is 11.8 Å². The Balaban J connectivity index is 2.50. The minimum atomic E-state index is -0.527. The average molecular weight is 343 g/mol. The third-order valence-corrected chi connectivity index (χ3v) is 4.76. The highest BCUT2D eigenvalue weighted by molar-refractivity contribution is 9.09. The highest BCUT2D eigenvalue weighted by atomic mass is 79.9. The summed E-state index contributed by atoms with van der Waals surface area (Å²) in [5, 5.41) is 0. The van der Waals surface area contributed by atoms with Gasteiger partial charge >= 0.3 is 0 Å². The van der Waals surface area contributed by atoms with Crippen LogP contribution in [0.4, 0.5) is 8.78 Å². The molecule has 1 unspecified atom stereocenters. The Hall–Kier alpha value is -0.870. The summed E-state index contributed by atoms with van der Waals surface area (Å²) in [4.78, 5) is 0.793. The highest BCUT2D eigenvalue weighted by Gasteiger charge is 2.19. The van der Waals surface area contributed by atoms with Crippen LogP contribution in [-0.2, 0) is 0 Å². The summed E-state index contributed by atoms with van der Waals surface area (Å²) >= 11 is 5.12. The normalized spacial score (nSPS) is 12.5. The van der Waals surface area contributed by atoms with Gasteiger partial charge in [0, 0.05) is 16.5 Å². The van der Waals surface area contributed by atoms with E-state index in [4.69, 9.17) is 0 Å². The number of aryl methyl sites for hydroxylation is 1. The van der Waals surface area contributed by atoms with Crippen LogP contribution in [0.5, 0.6) is 0 Å². The molecule has 2 aromatic carbocycles. The summed E-state index contributed by atoms with van der Waals surface area (Å²) in [5.41, 5.74) is 1.89. The Morgan fingerprint density at radius 2 is 1.74 bits per heavy atom. The third-order valence-electron chi connectivity index (χ3n) is 2.96. The molecule has 0 nitrogen and oxygen atoms in total. The molecule has 0 N–H and O–H groups in total. The lowest BCUT2D eigenvalue weighted by Gasteiger charge is -2.16. The Morgan fingerprint density at radius 1 is 1.05 bits per heavy atom. The van der Waals surface area contributed by atoms with Gasteiger partial charge in [-0.1, -0.05) is 34.1 Å². The number of rotatable bonds is 3. The van der Waals surface area contributed by atoms with Crippen LogP contribution in [0.3, 0.4) is 0 Å². The zero-order valence-electron chi connectivity index (χ0n) is 10.6. The summed E-state index contributed by atoms with van der Waals surface area (Å²) in [5.74, 6) is -1.04. The third kappa shape index (κ3) is 3.00. The van der Waals surface area contributed by atoms with Gasteiger partial charge in [0.15, 0.2) is 0 Å². The zero-order valence-corrected chi connectivity index (χ0v) is 13.0. The van der Waals surface area contributed by atoms with Gasteiger partial charge in [-0.05, 0) is 36.4 Å². The molecule has 1 atom stereocenters. The standard InChI is InChI=1S/C15H13BrF2S/c1-9-7-11(13(18)8-12(9)17)15(16)10-5-3-4-6-14(10)19-2/h3-8,15H,1-2H3. The van der Waals surface area contributed by atoms with Gasteiger partial charge in [-0.25, -0.2) is 8.78 Å². The highest BCUT2D eigenvalue weighted by Crippen LogP contribution is 2.37. The molecule has 0 spiro atoms. The van der Waals surface area contributed by atoms with Crippen molar-refractivity contribution < 1.29 is 8.78 Å². The van der Waals surface area contributed by atoms with E-state index in [9.17, 15) is 8.78 Å². The van der Waals surface area contributed by atoms with E-state index in [0.717, 1.165) is 16.5 Å². The number of thioether (sulfide) groups is 1. The van der Waals surface area contributed by atoms with Crippen LogP contribution < -0.4 is 0 Å². The Labute approximate surface area is 124 Å². The first-order chi connectivity index (χ1) is 9.04. The molecule has 2 aromatic rings. The largest absolute Gasteiger partial charge is 0.207 e. The maximum atomic E-state index is 13.9. The lowest BCUT2D eigenvalue weighted by Crippen LogP contribution is -2.00. The molecule has 0 heterocycles. The lowest BCUT2D eigenvalue weighted by atomic mass is 10.0. The Bertz CT molecular complexity index is 599. The molecule has 0 bridgehead atoms. The minimum Gasteiger partial charge on any atom is -0.207 e. The van der Waals surface area contributed by atoms with E-state index in [0.29, 0.717) is 11.1 Å². The number of hydrogen-bond acceptors (Lipinski definition) is 1. The molecule has 0 aliphatic heterocycles. The van der Waals surface area contributed by atoms with Crippen LogP contribution in [-0.4, -0.2) is 6.26 Å². The summed E-state index contributed by atoms with van der Waals surface area (Å²) in [6, 6.07) is 10.3. The summed E-state index contributed by atoms with van der Waals surface area (Å²) in [7, 11) is 0. The molecule has 4 heteroatoms. The maximum Gasteiger partial charge on any atom is 0.130 e. The molecule has 0 amide bonds. The first kappa shape index (κ1) is 14.5. The predicted molar refractivity (Wildman–Crippen MR) is 80.1 cm³/mol. The maximum absolute atomic E-state index is 13.9. The minimum absolute atomic E-state index is 0.282. The van der Waals surface area contributed by atoms with Crippen LogP contribution in [0.15, 0.2) is 41.3 Å². The van der Waals surface area contributed by atoms with Crippen molar-refractivity contribution in [1.29, 1.82) is 0 Å². The second-order valence-corrected chi connectivity index (χ2v) is 5.99. The van der Waals surface area contributed by atoms with Gasteiger partial charge < -0.3 is 0 Å². The van der Waals surface area contributed by atoms with Crippen molar-refractivity contribution in [2.24, 2.45) is 0 Å². The molecule has 0 saturated heterocycles. The summed E-state index contributed by atoms with van der Waals surface area (Å²) in [6.07, 6.45) is 1.98. The molecule has 2 rings (SSSR count). The second-order valence-electron chi connectivity index (χ2n) is 4.23. The predicted octanol–water partition coefficient (Wildman–Crippen LogP) is 5.48. The van der Waals surface area contributed by atoms with E-state index in [1.54, 1.807) is 24.8 Å². The van der Waals surface area contributed by atoms with Gasteiger partial charge in [0.05, 0.1) is 4.83 Å². The molecule has 100 valence electrons. The first-order valence-electron chi connectivity index (χ1n) is 5.77. The molecule has 19 heavy (non-hydrogen) atoms. The van der Waals surface area contributed by atoms with Crippen LogP contribution in [0.25, 0.3) is 0 Å². The van der Waals surface area contributed by atoms with E-state index in [1.807, 2.05) is 30.5 Å². The second kappa shape index (κ2) is 6.06. The van der Waals surface area contributed by atoms with Crippen molar-refractivity contribution in [2.45, 2.75) is 16.6 Å². The fraction of sp³-hybridized carbons (Fsp3) is 0.200. The van der Waals surface area contributed by atoms with Gasteiger partial charge in [0.2, 0.25) is 0 Å². The Morgan fingerprint density at radius 3 is 2.42 bits per heavy atom. The first-order valence-corrected chi connectivity index (χ1v) is 7.91. The van der Waals surface area contributed by atoms with E-state index < -0.39 is 11.6 Å². The number of benzene rings is 2. The fourth-order valence-electron chi connectivity index (χ4n) is 1.92. The van der Waals surface area contributed by atoms with Gasteiger partial charge in [0.25, 0.3) is 0 Å². The average Bonchev–Trinajstić information content (AvgIpc) is 2.42. The SMILES string of the molecule is CSc1ccccc1C(Br)c1cc(C)c(F)cc1F. The van der Waals surface area contributed by atoms with Crippen molar-refractivity contribution in [3.05, 3.63) is 64.7 Å². The monoisotopic (exact) mass is 342 g/mol. The zero-order chi connectivity index (χ0) is 14.0. The van der Waals surface area contributed by atoms with E-state index in [2.05, 4.69) is 15.9 Å². The molecule has 0 aliphatic rings. The molecule has 0 radical (unpaired) electrons. The molecule has 0 saturated carbocycles. The van der Waals surface area contributed by atoms with E-state index in [-0.39, 0.29) is 4.83 Å². The van der Waals surface area contributed by atoms with Crippen molar-refractivity contribution in [3.8, 4) is 0 Å². The van der Waals surface area contributed by atoms with Crippen molar-refractivity contribution in [1.82, 2.24) is 0 Å². The van der Waals surface area contributed by atoms with Gasteiger partial charge in [0.1, 0.15) is 11.6 Å². The van der Waals surface area contributed by atoms with E-state index >= 15 is 0 Å². The van der Waals surface area contributed by atoms with Gasteiger partial charge in [-0.2, -0.15) is 0 Å². The number of alkyl halides is 1. The quantitative estimate of drug-likeness (QED) is 0.525. The molecule has 0 aromatic heterocycles. The topological polar surface area (TPSA) is 0 Å². The van der Waals surface area contributed by atoms with Gasteiger partial charge in [-0.3, -0.25) is 0 Å². The van der Waals surface area contributed by atoms with Crippen LogP contribution in [0.1, 0.15) is 21.5 Å². The smallest absolute Gasteiger partial charge is 0.130 e. The molecular formula is C15H13BrF2S. The lowest BCUT2D eigenvalue weighted by molar-refractivity contribution is 0.568. The fourth-order valence-corrected chi connectivity index (χ4v) is 3.45. The number of halogens is 3. The number of hydrogen-bond donors (Lipinski definition) is 0. The van der Waals surface area contributed by atoms with E-state index in [1.165, 1.54) is 0 Å². The molecule has 0 aliphatic carbocycles. The van der Waals surface area contributed by atoms with Crippen LogP contribution >= 0.6 is 27.7 Å². The molecular weight excluding hydrogens is 330 g/mol. The van der Waals surface area contributed by atoms with Crippen molar-refractivity contribution in [2.75, 3.05) is 6.26 Å². The van der Waals surface area contributed by atoms with Crippen LogP contribution in [0, 0.1) is 18.6 Å². The molecule has 0 fully saturated rings. The van der Waals surface area contributed by atoms with Crippen LogP contribution in [0.2, 0.25) is 0 Å². The Kier molecular flexibility index (Phi) is 4.63.